The van der Waals surface area contributed by atoms with Gasteiger partial charge in [0.2, 0.25) is 0 Å². The predicted octanol–water partition coefficient (Wildman–Crippen LogP) is 2.77. The Labute approximate surface area is 109 Å². The highest BCUT2D eigenvalue weighted by Gasteiger charge is 2.23. The van der Waals surface area contributed by atoms with Crippen molar-refractivity contribution in [1.82, 2.24) is 4.90 Å². The third kappa shape index (κ3) is 3.25. The number of likely N-dealkylation sites (tertiary alicyclic amines) is 1. The monoisotopic (exact) mass is 247 g/mol. The zero-order valence-electron chi connectivity index (χ0n) is 11.2. The highest BCUT2D eigenvalue weighted by atomic mass is 16.5. The van der Waals surface area contributed by atoms with Gasteiger partial charge < -0.3 is 9.64 Å². The fourth-order valence-electron chi connectivity index (χ4n) is 2.33. The average molecular weight is 247 g/mol. The van der Waals surface area contributed by atoms with Crippen molar-refractivity contribution in [2.45, 2.75) is 39.2 Å². The number of nitrogens with zero attached hydrogens (tertiary/aromatic N) is 1. The maximum absolute atomic E-state index is 12.0. The first-order chi connectivity index (χ1) is 8.66. The van der Waals surface area contributed by atoms with Gasteiger partial charge in [-0.1, -0.05) is 17.7 Å². The van der Waals surface area contributed by atoms with Crippen LogP contribution in [-0.2, 0) is 4.79 Å². The van der Waals surface area contributed by atoms with E-state index in [1.165, 1.54) is 12.0 Å². The molecule has 1 unspecified atom stereocenters. The summed E-state index contributed by atoms with van der Waals surface area (Å²) in [6.45, 7) is 5.16. The summed E-state index contributed by atoms with van der Waals surface area (Å²) >= 11 is 0. The first kappa shape index (κ1) is 12.9. The van der Waals surface area contributed by atoms with Crippen LogP contribution in [0.3, 0.4) is 0 Å². The van der Waals surface area contributed by atoms with Crippen molar-refractivity contribution < 1.29 is 9.53 Å². The highest BCUT2D eigenvalue weighted by molar-refractivity contribution is 5.78. The fraction of sp³-hybridized carbons (Fsp3) is 0.533. The Balaban J connectivity index is 1.85. The summed E-state index contributed by atoms with van der Waals surface area (Å²) < 4.78 is 5.53. The molecule has 0 aliphatic carbocycles. The first-order valence-electron chi connectivity index (χ1n) is 6.66. The Hall–Kier alpha value is -1.51. The summed E-state index contributed by atoms with van der Waals surface area (Å²) in [4.78, 5) is 14.0. The number of amides is 1. The van der Waals surface area contributed by atoms with Crippen LogP contribution in [0.15, 0.2) is 24.3 Å². The molecule has 3 heteroatoms. The zero-order valence-corrected chi connectivity index (χ0v) is 11.2. The molecular formula is C15H21NO2. The van der Waals surface area contributed by atoms with Crippen LogP contribution in [-0.4, -0.2) is 30.0 Å². The van der Waals surface area contributed by atoms with E-state index >= 15 is 0 Å². The average Bonchev–Trinajstić information content (AvgIpc) is 2.38. The van der Waals surface area contributed by atoms with Crippen LogP contribution < -0.4 is 4.74 Å². The van der Waals surface area contributed by atoms with E-state index < -0.39 is 0 Å². The molecule has 0 spiro atoms. The van der Waals surface area contributed by atoms with Gasteiger partial charge in [-0.05, 0) is 45.2 Å². The lowest BCUT2D eigenvalue weighted by Crippen LogP contribution is -2.44. The molecule has 3 nitrogen and oxygen atoms in total. The van der Waals surface area contributed by atoms with Gasteiger partial charge >= 0.3 is 0 Å². The van der Waals surface area contributed by atoms with E-state index in [0.717, 1.165) is 25.1 Å². The minimum Gasteiger partial charge on any atom is -0.484 e. The molecule has 1 fully saturated rings. The Bertz CT molecular complexity index is 399. The summed E-state index contributed by atoms with van der Waals surface area (Å²) in [5, 5.41) is 0. The summed E-state index contributed by atoms with van der Waals surface area (Å²) in [5.41, 5.74) is 1.19. The Morgan fingerprint density at radius 2 is 2.06 bits per heavy atom. The third-order valence-electron chi connectivity index (χ3n) is 3.51. The van der Waals surface area contributed by atoms with Crippen LogP contribution in [0.1, 0.15) is 31.7 Å². The lowest BCUT2D eigenvalue weighted by atomic mass is 10.0. The minimum absolute atomic E-state index is 0.0998. The number of ether oxygens (including phenoxy) is 1. The van der Waals surface area contributed by atoms with Crippen molar-refractivity contribution in [2.75, 3.05) is 13.2 Å². The van der Waals surface area contributed by atoms with Crippen molar-refractivity contribution in [3.05, 3.63) is 29.8 Å². The number of benzene rings is 1. The minimum atomic E-state index is 0.0998. The number of aryl methyl sites for hydroxylation is 1. The molecule has 1 aliphatic rings. The molecule has 0 saturated carbocycles. The lowest BCUT2D eigenvalue weighted by molar-refractivity contribution is -0.136. The van der Waals surface area contributed by atoms with Gasteiger partial charge in [-0.3, -0.25) is 4.79 Å². The van der Waals surface area contributed by atoms with E-state index in [4.69, 9.17) is 4.74 Å². The number of hydrogen-bond acceptors (Lipinski definition) is 2. The maximum Gasteiger partial charge on any atom is 0.260 e. The van der Waals surface area contributed by atoms with Crippen LogP contribution >= 0.6 is 0 Å². The standard InChI is InChI=1S/C15H21NO2/c1-12-6-8-14(9-7-12)18-11-15(17)16-10-4-3-5-13(16)2/h6-9,13H,3-5,10-11H2,1-2H3. The van der Waals surface area contributed by atoms with Crippen molar-refractivity contribution in [2.24, 2.45) is 0 Å². The lowest BCUT2D eigenvalue weighted by Gasteiger charge is -2.33. The fourth-order valence-corrected chi connectivity index (χ4v) is 2.33. The summed E-state index contributed by atoms with van der Waals surface area (Å²) in [5.74, 6) is 0.862. The number of piperidine rings is 1. The van der Waals surface area contributed by atoms with Crippen LogP contribution in [0.5, 0.6) is 5.75 Å². The van der Waals surface area contributed by atoms with E-state index in [1.54, 1.807) is 0 Å². The highest BCUT2D eigenvalue weighted by Crippen LogP contribution is 2.17. The number of carbonyl (C=O) groups is 1. The quantitative estimate of drug-likeness (QED) is 0.822. The van der Waals surface area contributed by atoms with Gasteiger partial charge in [0.1, 0.15) is 5.75 Å². The van der Waals surface area contributed by atoms with Gasteiger partial charge in [-0.25, -0.2) is 0 Å². The molecule has 1 aromatic carbocycles. The molecule has 1 aliphatic heterocycles. The molecule has 1 heterocycles. The molecule has 1 atom stereocenters. The molecule has 1 saturated heterocycles. The van der Waals surface area contributed by atoms with Gasteiger partial charge in [0.25, 0.3) is 5.91 Å². The van der Waals surface area contributed by atoms with E-state index in [9.17, 15) is 4.79 Å². The second kappa shape index (κ2) is 5.89. The normalized spacial score (nSPS) is 19.7. The van der Waals surface area contributed by atoms with Gasteiger partial charge in [0, 0.05) is 12.6 Å². The second-order valence-corrected chi connectivity index (χ2v) is 5.03. The van der Waals surface area contributed by atoms with Crippen LogP contribution in [0, 0.1) is 6.92 Å². The molecule has 1 aromatic rings. The van der Waals surface area contributed by atoms with Crippen molar-refractivity contribution in [3.8, 4) is 5.75 Å². The van der Waals surface area contributed by atoms with Crippen molar-refractivity contribution in [3.63, 3.8) is 0 Å². The molecule has 0 aromatic heterocycles. The Kier molecular flexibility index (Phi) is 4.24. The Morgan fingerprint density at radius 1 is 1.33 bits per heavy atom. The SMILES string of the molecule is Cc1ccc(OCC(=O)N2CCCCC2C)cc1. The maximum atomic E-state index is 12.0. The molecule has 1 amide bonds. The van der Waals surface area contributed by atoms with Crippen molar-refractivity contribution in [1.29, 1.82) is 0 Å². The molecule has 0 radical (unpaired) electrons. The largest absolute Gasteiger partial charge is 0.484 e. The summed E-state index contributed by atoms with van der Waals surface area (Å²) in [6.07, 6.45) is 3.45. The van der Waals surface area contributed by atoms with E-state index in [-0.39, 0.29) is 12.5 Å². The Morgan fingerprint density at radius 3 is 2.72 bits per heavy atom. The van der Waals surface area contributed by atoms with E-state index in [0.29, 0.717) is 6.04 Å². The number of rotatable bonds is 3. The van der Waals surface area contributed by atoms with Gasteiger partial charge in [-0.2, -0.15) is 0 Å². The molecule has 18 heavy (non-hydrogen) atoms. The van der Waals surface area contributed by atoms with Crippen molar-refractivity contribution >= 4 is 5.91 Å². The summed E-state index contributed by atoms with van der Waals surface area (Å²) in [6, 6.07) is 8.14. The zero-order chi connectivity index (χ0) is 13.0. The molecule has 98 valence electrons. The molecular weight excluding hydrogens is 226 g/mol. The predicted molar refractivity (Wildman–Crippen MR) is 71.7 cm³/mol. The second-order valence-electron chi connectivity index (χ2n) is 5.03. The van der Waals surface area contributed by atoms with Crippen LogP contribution in [0.2, 0.25) is 0 Å². The summed E-state index contributed by atoms with van der Waals surface area (Å²) in [7, 11) is 0. The van der Waals surface area contributed by atoms with E-state index in [2.05, 4.69) is 6.92 Å². The number of hydrogen-bond donors (Lipinski definition) is 0. The van der Waals surface area contributed by atoms with Gasteiger partial charge in [0.15, 0.2) is 6.61 Å². The smallest absolute Gasteiger partial charge is 0.260 e. The topological polar surface area (TPSA) is 29.5 Å². The molecule has 0 bridgehead atoms. The van der Waals surface area contributed by atoms with Crippen LogP contribution in [0.4, 0.5) is 0 Å². The molecule has 2 rings (SSSR count). The first-order valence-corrected chi connectivity index (χ1v) is 6.66. The number of carbonyl (C=O) groups excluding carboxylic acids is 1. The van der Waals surface area contributed by atoms with Crippen LogP contribution in [0.25, 0.3) is 0 Å². The third-order valence-corrected chi connectivity index (χ3v) is 3.51. The van der Waals surface area contributed by atoms with Gasteiger partial charge in [-0.15, -0.1) is 0 Å². The van der Waals surface area contributed by atoms with E-state index in [1.807, 2.05) is 36.1 Å². The molecule has 0 N–H and O–H groups in total. The van der Waals surface area contributed by atoms with Gasteiger partial charge in [0.05, 0.1) is 0 Å².